The third-order valence-corrected chi connectivity index (χ3v) is 5.32. The molecule has 0 spiro atoms. The maximum Gasteiger partial charge on any atom is 0.326 e. The predicted octanol–water partition coefficient (Wildman–Crippen LogP) is 6.84. The standard InChI is InChI=1S/C25H45NO4/c1-3-5-6-7-8-9-10-11-12-13-14-15-16-17-18-19-24(28)26-23(25(29)30)21-20-22(27)4-2/h4,11-12,23,27H,3,5-10,13-21H2,1-2H3,(H,26,28)(H,29,30)/b12-11-,22-4+. The van der Waals surface area contributed by atoms with E-state index in [-0.39, 0.29) is 24.5 Å². The molecule has 0 radical (unpaired) electrons. The van der Waals surface area contributed by atoms with Gasteiger partial charge in [-0.15, -0.1) is 0 Å². The van der Waals surface area contributed by atoms with Crippen LogP contribution >= 0.6 is 0 Å². The van der Waals surface area contributed by atoms with Gasteiger partial charge in [-0.2, -0.15) is 0 Å². The normalized spacial score (nSPS) is 12.9. The van der Waals surface area contributed by atoms with E-state index in [2.05, 4.69) is 24.4 Å². The van der Waals surface area contributed by atoms with Crippen LogP contribution in [-0.4, -0.2) is 28.1 Å². The van der Waals surface area contributed by atoms with Crippen molar-refractivity contribution >= 4 is 11.9 Å². The number of hydrogen-bond acceptors (Lipinski definition) is 3. The van der Waals surface area contributed by atoms with Crippen molar-refractivity contribution in [1.29, 1.82) is 0 Å². The lowest BCUT2D eigenvalue weighted by Crippen LogP contribution is -2.40. The molecule has 0 fully saturated rings. The Hall–Kier alpha value is -1.78. The Morgan fingerprint density at radius 3 is 1.87 bits per heavy atom. The van der Waals surface area contributed by atoms with E-state index in [4.69, 9.17) is 0 Å². The van der Waals surface area contributed by atoms with Gasteiger partial charge in [0.15, 0.2) is 0 Å². The van der Waals surface area contributed by atoms with Gasteiger partial charge in [-0.3, -0.25) is 4.79 Å². The molecule has 0 aliphatic heterocycles. The van der Waals surface area contributed by atoms with Gasteiger partial charge in [0.1, 0.15) is 6.04 Å². The molecule has 5 nitrogen and oxygen atoms in total. The number of amides is 1. The van der Waals surface area contributed by atoms with Crippen molar-refractivity contribution in [2.45, 2.75) is 123 Å². The van der Waals surface area contributed by atoms with Crippen LogP contribution in [0.25, 0.3) is 0 Å². The van der Waals surface area contributed by atoms with Crippen molar-refractivity contribution in [3.8, 4) is 0 Å². The fourth-order valence-electron chi connectivity index (χ4n) is 3.32. The fourth-order valence-corrected chi connectivity index (χ4v) is 3.32. The highest BCUT2D eigenvalue weighted by Crippen LogP contribution is 2.10. The zero-order chi connectivity index (χ0) is 22.5. The van der Waals surface area contributed by atoms with E-state index in [1.165, 1.54) is 63.9 Å². The molecule has 0 aromatic rings. The molecule has 0 aliphatic carbocycles. The number of carbonyl (C=O) groups excluding carboxylic acids is 1. The second-order valence-electron chi connectivity index (χ2n) is 8.11. The predicted molar refractivity (Wildman–Crippen MR) is 125 cm³/mol. The summed E-state index contributed by atoms with van der Waals surface area (Å²) in [6, 6.07) is -0.942. The van der Waals surface area contributed by atoms with Crippen molar-refractivity contribution < 1.29 is 19.8 Å². The lowest BCUT2D eigenvalue weighted by Gasteiger charge is -2.14. The SMILES string of the molecule is C/C=C(/O)CCC(NC(=O)CCCCCCC/C=C\CCCCCCCC)C(=O)O. The number of carboxylic acid groups (broad SMARTS) is 1. The Balaban J connectivity index is 3.61. The number of unbranched alkanes of at least 4 members (excludes halogenated alkanes) is 11. The Kier molecular flexibility index (Phi) is 19.3. The van der Waals surface area contributed by atoms with E-state index in [0.717, 1.165) is 25.7 Å². The Morgan fingerprint density at radius 1 is 0.800 bits per heavy atom. The van der Waals surface area contributed by atoms with Crippen LogP contribution in [0.5, 0.6) is 0 Å². The van der Waals surface area contributed by atoms with Crippen LogP contribution in [0.3, 0.4) is 0 Å². The number of hydrogen-bond donors (Lipinski definition) is 3. The minimum Gasteiger partial charge on any atom is -0.513 e. The van der Waals surface area contributed by atoms with Crippen LogP contribution in [-0.2, 0) is 9.59 Å². The van der Waals surface area contributed by atoms with Gasteiger partial charge in [0.2, 0.25) is 5.91 Å². The molecule has 0 aromatic carbocycles. The average molecular weight is 424 g/mol. The zero-order valence-corrected chi connectivity index (χ0v) is 19.3. The summed E-state index contributed by atoms with van der Waals surface area (Å²) in [4.78, 5) is 23.2. The van der Waals surface area contributed by atoms with Crippen LogP contribution in [0.1, 0.15) is 117 Å². The average Bonchev–Trinajstić information content (AvgIpc) is 2.73. The number of carboxylic acids is 1. The number of nitrogens with one attached hydrogen (secondary N) is 1. The van der Waals surface area contributed by atoms with E-state index in [0.29, 0.717) is 6.42 Å². The van der Waals surface area contributed by atoms with E-state index < -0.39 is 12.0 Å². The molecule has 1 atom stereocenters. The molecule has 1 amide bonds. The molecular formula is C25H45NO4. The number of allylic oxidation sites excluding steroid dienone is 4. The lowest BCUT2D eigenvalue weighted by molar-refractivity contribution is -0.142. The summed E-state index contributed by atoms with van der Waals surface area (Å²) in [5, 5.41) is 21.2. The lowest BCUT2D eigenvalue weighted by atomic mass is 10.1. The third-order valence-electron chi connectivity index (χ3n) is 5.32. The summed E-state index contributed by atoms with van der Waals surface area (Å²) in [7, 11) is 0. The Bertz CT molecular complexity index is 499. The molecule has 0 aromatic heterocycles. The van der Waals surface area contributed by atoms with E-state index >= 15 is 0 Å². The molecule has 0 heterocycles. The fraction of sp³-hybridized carbons (Fsp3) is 0.760. The summed E-state index contributed by atoms with van der Waals surface area (Å²) in [6.07, 6.45) is 22.6. The summed E-state index contributed by atoms with van der Waals surface area (Å²) < 4.78 is 0. The van der Waals surface area contributed by atoms with Crippen LogP contribution in [0, 0.1) is 0 Å². The van der Waals surface area contributed by atoms with Gasteiger partial charge < -0.3 is 15.5 Å². The van der Waals surface area contributed by atoms with Crippen LogP contribution < -0.4 is 5.32 Å². The number of rotatable bonds is 20. The second kappa shape index (κ2) is 20.5. The summed E-state index contributed by atoms with van der Waals surface area (Å²) >= 11 is 0. The van der Waals surface area contributed by atoms with Gasteiger partial charge in [-0.05, 0) is 51.5 Å². The van der Waals surface area contributed by atoms with Gasteiger partial charge in [-0.25, -0.2) is 4.79 Å². The smallest absolute Gasteiger partial charge is 0.326 e. The molecule has 0 bridgehead atoms. The third kappa shape index (κ3) is 18.3. The minimum absolute atomic E-state index is 0.146. The van der Waals surface area contributed by atoms with Crippen molar-refractivity contribution in [3.05, 3.63) is 24.0 Å². The largest absolute Gasteiger partial charge is 0.513 e. The van der Waals surface area contributed by atoms with Gasteiger partial charge in [-0.1, -0.05) is 70.4 Å². The van der Waals surface area contributed by atoms with Gasteiger partial charge in [0, 0.05) is 12.8 Å². The topological polar surface area (TPSA) is 86.6 Å². The van der Waals surface area contributed by atoms with Crippen LogP contribution in [0.2, 0.25) is 0 Å². The van der Waals surface area contributed by atoms with E-state index in [9.17, 15) is 19.8 Å². The number of aliphatic hydroxyl groups excluding tert-OH is 1. The van der Waals surface area contributed by atoms with Crippen molar-refractivity contribution in [3.63, 3.8) is 0 Å². The monoisotopic (exact) mass is 423 g/mol. The van der Waals surface area contributed by atoms with Crippen molar-refractivity contribution in [2.75, 3.05) is 0 Å². The van der Waals surface area contributed by atoms with E-state index in [1.807, 2.05) is 0 Å². The van der Waals surface area contributed by atoms with Crippen molar-refractivity contribution in [1.82, 2.24) is 5.32 Å². The molecule has 0 rings (SSSR count). The van der Waals surface area contributed by atoms with Gasteiger partial charge >= 0.3 is 5.97 Å². The van der Waals surface area contributed by atoms with E-state index in [1.54, 1.807) is 6.92 Å². The number of aliphatic hydroxyl groups is 1. The van der Waals surface area contributed by atoms with Crippen LogP contribution in [0.4, 0.5) is 0 Å². The first-order valence-corrected chi connectivity index (χ1v) is 12.0. The maximum absolute atomic E-state index is 11.9. The maximum atomic E-state index is 11.9. The molecule has 30 heavy (non-hydrogen) atoms. The molecule has 174 valence electrons. The highest BCUT2D eigenvalue weighted by molar-refractivity contribution is 5.83. The minimum atomic E-state index is -1.06. The molecule has 0 saturated heterocycles. The highest BCUT2D eigenvalue weighted by atomic mass is 16.4. The highest BCUT2D eigenvalue weighted by Gasteiger charge is 2.19. The summed E-state index contributed by atoms with van der Waals surface area (Å²) in [5.74, 6) is -1.13. The molecule has 1 unspecified atom stereocenters. The molecular weight excluding hydrogens is 378 g/mol. The summed E-state index contributed by atoms with van der Waals surface area (Å²) in [5.41, 5.74) is 0. The molecule has 0 aliphatic rings. The van der Waals surface area contributed by atoms with Gasteiger partial charge in [0.05, 0.1) is 5.76 Å². The van der Waals surface area contributed by atoms with Crippen LogP contribution in [0.15, 0.2) is 24.0 Å². The quantitative estimate of drug-likeness (QED) is 0.114. The Morgan fingerprint density at radius 2 is 1.33 bits per heavy atom. The van der Waals surface area contributed by atoms with Gasteiger partial charge in [0.25, 0.3) is 0 Å². The Labute approximate surface area is 184 Å². The first-order chi connectivity index (χ1) is 14.5. The first-order valence-electron chi connectivity index (χ1n) is 12.0. The zero-order valence-electron chi connectivity index (χ0n) is 19.3. The number of aliphatic carboxylic acids is 1. The van der Waals surface area contributed by atoms with Crippen molar-refractivity contribution in [2.24, 2.45) is 0 Å². The summed E-state index contributed by atoms with van der Waals surface area (Å²) in [6.45, 7) is 3.94. The first kappa shape index (κ1) is 28.2. The molecule has 0 saturated carbocycles. The second-order valence-corrected chi connectivity index (χ2v) is 8.11. The number of carbonyl (C=O) groups is 2. The molecule has 3 N–H and O–H groups in total. The molecule has 5 heteroatoms.